The number of rotatable bonds is 7. The van der Waals surface area contributed by atoms with Gasteiger partial charge in [0.1, 0.15) is 17.9 Å². The van der Waals surface area contributed by atoms with Crippen molar-refractivity contribution in [1.82, 2.24) is 15.0 Å². The van der Waals surface area contributed by atoms with E-state index in [-0.39, 0.29) is 0 Å². The molecule has 112 valence electrons. The van der Waals surface area contributed by atoms with E-state index in [9.17, 15) is 0 Å². The van der Waals surface area contributed by atoms with E-state index in [2.05, 4.69) is 34.1 Å². The molecule has 0 aliphatic rings. The van der Waals surface area contributed by atoms with Gasteiger partial charge in [0.05, 0.1) is 18.5 Å². The van der Waals surface area contributed by atoms with E-state index in [0.29, 0.717) is 6.61 Å². The van der Waals surface area contributed by atoms with Crippen molar-refractivity contribution in [2.24, 2.45) is 0 Å². The molecule has 0 radical (unpaired) electrons. The summed E-state index contributed by atoms with van der Waals surface area (Å²) in [7, 11) is 0. The third kappa shape index (κ3) is 3.68. The van der Waals surface area contributed by atoms with Gasteiger partial charge in [0.15, 0.2) is 0 Å². The van der Waals surface area contributed by atoms with Gasteiger partial charge in [0.25, 0.3) is 0 Å². The van der Waals surface area contributed by atoms with Crippen molar-refractivity contribution >= 4 is 5.82 Å². The lowest BCUT2D eigenvalue weighted by molar-refractivity contribution is 0.339. The quantitative estimate of drug-likeness (QED) is 0.846. The van der Waals surface area contributed by atoms with E-state index in [4.69, 9.17) is 4.74 Å². The molecule has 0 aliphatic carbocycles. The fraction of sp³-hybridized carbons (Fsp3) is 0.438. The summed E-state index contributed by atoms with van der Waals surface area (Å²) in [6.07, 6.45) is 7.05. The molecule has 1 N–H and O–H groups in total. The molecule has 5 nitrogen and oxygen atoms in total. The first-order chi connectivity index (χ1) is 10.3. The van der Waals surface area contributed by atoms with Crippen LogP contribution in [0.25, 0.3) is 11.3 Å². The first-order valence-corrected chi connectivity index (χ1v) is 7.46. The average molecular weight is 286 g/mol. The van der Waals surface area contributed by atoms with E-state index in [0.717, 1.165) is 47.8 Å². The van der Waals surface area contributed by atoms with Crippen LogP contribution in [0.3, 0.4) is 0 Å². The summed E-state index contributed by atoms with van der Waals surface area (Å²) in [5.74, 6) is 1.67. The third-order valence-electron chi connectivity index (χ3n) is 3.14. The van der Waals surface area contributed by atoms with Crippen LogP contribution in [0.5, 0.6) is 5.75 Å². The number of nitrogens with zero attached hydrogens (tertiary/aromatic N) is 3. The van der Waals surface area contributed by atoms with E-state index in [1.807, 2.05) is 19.2 Å². The standard InChI is InChI=1S/C16H22N4O/c1-4-7-18-16-14(5-2)15(19-11-20-16)12-8-13(21-6-3)10-17-9-12/h8-11H,4-7H2,1-3H3,(H,18,19,20). The zero-order chi connectivity index (χ0) is 15.1. The van der Waals surface area contributed by atoms with Crippen molar-refractivity contribution in [3.8, 4) is 17.0 Å². The number of nitrogens with one attached hydrogen (secondary N) is 1. The predicted molar refractivity (Wildman–Crippen MR) is 84.6 cm³/mol. The Kier molecular flexibility index (Phi) is 5.49. The smallest absolute Gasteiger partial charge is 0.138 e. The molecule has 5 heteroatoms. The molecule has 21 heavy (non-hydrogen) atoms. The molecule has 2 rings (SSSR count). The Labute approximate surface area is 125 Å². The minimum absolute atomic E-state index is 0.624. The minimum atomic E-state index is 0.624. The molecule has 2 heterocycles. The fourth-order valence-electron chi connectivity index (χ4n) is 2.19. The van der Waals surface area contributed by atoms with Crippen LogP contribution in [-0.4, -0.2) is 28.1 Å². The largest absolute Gasteiger partial charge is 0.492 e. The van der Waals surface area contributed by atoms with Gasteiger partial charge >= 0.3 is 0 Å². The molecular weight excluding hydrogens is 264 g/mol. The molecule has 0 amide bonds. The Morgan fingerprint density at radius 3 is 2.71 bits per heavy atom. The number of hydrogen-bond acceptors (Lipinski definition) is 5. The van der Waals surface area contributed by atoms with Gasteiger partial charge in [-0.1, -0.05) is 13.8 Å². The van der Waals surface area contributed by atoms with Gasteiger partial charge in [-0.3, -0.25) is 4.98 Å². The Balaban J connectivity index is 2.40. The molecule has 0 spiro atoms. The molecule has 0 saturated carbocycles. The van der Waals surface area contributed by atoms with Crippen molar-refractivity contribution in [2.75, 3.05) is 18.5 Å². The van der Waals surface area contributed by atoms with Gasteiger partial charge in [0, 0.05) is 23.9 Å². The number of anilines is 1. The maximum Gasteiger partial charge on any atom is 0.138 e. The number of hydrogen-bond donors (Lipinski definition) is 1. The van der Waals surface area contributed by atoms with E-state index in [1.54, 1.807) is 12.5 Å². The van der Waals surface area contributed by atoms with Crippen molar-refractivity contribution in [3.05, 3.63) is 30.4 Å². The molecule has 2 aromatic rings. The average Bonchev–Trinajstić information content (AvgIpc) is 2.53. The summed E-state index contributed by atoms with van der Waals surface area (Å²) >= 11 is 0. The molecule has 2 aromatic heterocycles. The first-order valence-electron chi connectivity index (χ1n) is 7.46. The highest BCUT2D eigenvalue weighted by atomic mass is 16.5. The summed E-state index contributed by atoms with van der Waals surface area (Å²) in [6, 6.07) is 1.97. The van der Waals surface area contributed by atoms with Crippen LogP contribution >= 0.6 is 0 Å². The number of pyridine rings is 1. The Morgan fingerprint density at radius 2 is 2.00 bits per heavy atom. The van der Waals surface area contributed by atoms with Gasteiger partial charge in [-0.15, -0.1) is 0 Å². The van der Waals surface area contributed by atoms with Crippen LogP contribution in [0.15, 0.2) is 24.8 Å². The van der Waals surface area contributed by atoms with Crippen molar-refractivity contribution in [1.29, 1.82) is 0 Å². The summed E-state index contributed by atoms with van der Waals surface area (Å²) in [6.45, 7) is 7.73. The maximum atomic E-state index is 5.52. The van der Waals surface area contributed by atoms with Crippen LogP contribution in [-0.2, 0) is 6.42 Å². The minimum Gasteiger partial charge on any atom is -0.492 e. The Bertz CT molecular complexity index is 586. The first kappa shape index (κ1) is 15.2. The maximum absolute atomic E-state index is 5.52. The highest BCUT2D eigenvalue weighted by Crippen LogP contribution is 2.27. The summed E-state index contributed by atoms with van der Waals surface area (Å²) in [5.41, 5.74) is 2.99. The van der Waals surface area contributed by atoms with E-state index >= 15 is 0 Å². The van der Waals surface area contributed by atoms with Crippen LogP contribution in [0.4, 0.5) is 5.82 Å². The highest BCUT2D eigenvalue weighted by Gasteiger charge is 2.12. The Morgan fingerprint density at radius 1 is 1.14 bits per heavy atom. The van der Waals surface area contributed by atoms with Gasteiger partial charge in [-0.25, -0.2) is 9.97 Å². The zero-order valence-corrected chi connectivity index (χ0v) is 12.9. The molecular formula is C16H22N4O. The van der Waals surface area contributed by atoms with Crippen molar-refractivity contribution in [2.45, 2.75) is 33.6 Å². The van der Waals surface area contributed by atoms with Gasteiger partial charge < -0.3 is 10.1 Å². The summed E-state index contributed by atoms with van der Waals surface area (Å²) < 4.78 is 5.52. The zero-order valence-electron chi connectivity index (χ0n) is 12.9. The van der Waals surface area contributed by atoms with E-state index < -0.39 is 0 Å². The summed E-state index contributed by atoms with van der Waals surface area (Å²) in [5, 5.41) is 3.36. The molecule has 0 bridgehead atoms. The second-order valence-electron chi connectivity index (χ2n) is 4.67. The van der Waals surface area contributed by atoms with Crippen molar-refractivity contribution in [3.63, 3.8) is 0 Å². The third-order valence-corrected chi connectivity index (χ3v) is 3.14. The molecule has 0 fully saturated rings. The second kappa shape index (κ2) is 7.57. The SMILES string of the molecule is CCCNc1ncnc(-c2cncc(OCC)c2)c1CC. The normalized spacial score (nSPS) is 10.4. The lowest BCUT2D eigenvalue weighted by atomic mass is 10.1. The lowest BCUT2D eigenvalue weighted by Gasteiger charge is -2.13. The second-order valence-corrected chi connectivity index (χ2v) is 4.67. The monoisotopic (exact) mass is 286 g/mol. The van der Waals surface area contributed by atoms with E-state index in [1.165, 1.54) is 0 Å². The predicted octanol–water partition coefficient (Wildman–Crippen LogP) is 3.32. The van der Waals surface area contributed by atoms with Gasteiger partial charge in [0.2, 0.25) is 0 Å². The molecule has 0 unspecified atom stereocenters. The van der Waals surface area contributed by atoms with Crippen LogP contribution in [0.2, 0.25) is 0 Å². The highest BCUT2D eigenvalue weighted by molar-refractivity contribution is 5.68. The van der Waals surface area contributed by atoms with Crippen LogP contribution < -0.4 is 10.1 Å². The molecule has 0 aromatic carbocycles. The molecule has 0 atom stereocenters. The molecule has 0 saturated heterocycles. The Hall–Kier alpha value is -2.17. The van der Waals surface area contributed by atoms with Gasteiger partial charge in [-0.2, -0.15) is 0 Å². The lowest BCUT2D eigenvalue weighted by Crippen LogP contribution is -2.07. The number of aromatic nitrogens is 3. The summed E-state index contributed by atoms with van der Waals surface area (Å²) in [4.78, 5) is 13.0. The fourth-order valence-corrected chi connectivity index (χ4v) is 2.19. The topological polar surface area (TPSA) is 59.9 Å². The van der Waals surface area contributed by atoms with Crippen LogP contribution in [0.1, 0.15) is 32.8 Å². The number of ether oxygens (including phenoxy) is 1. The van der Waals surface area contributed by atoms with Gasteiger partial charge in [-0.05, 0) is 25.8 Å². The van der Waals surface area contributed by atoms with Crippen molar-refractivity contribution < 1.29 is 4.74 Å². The van der Waals surface area contributed by atoms with Crippen LogP contribution in [0, 0.1) is 0 Å². The molecule has 0 aliphatic heterocycles.